The summed E-state index contributed by atoms with van der Waals surface area (Å²) in [5.74, 6) is -0.754. The van der Waals surface area contributed by atoms with Crippen molar-refractivity contribution in [2.75, 3.05) is 13.2 Å². The SMILES string of the molecule is Cc1cnc(OCC(=O)NC23CCC(NC(=O)COc4ccc(C)c(F)c4)(CC2)[C@@H](O)C3)s1. The van der Waals surface area contributed by atoms with E-state index in [9.17, 15) is 19.1 Å². The Morgan fingerprint density at radius 1 is 1.15 bits per heavy atom. The monoisotopic (exact) mass is 477 g/mol. The Balaban J connectivity index is 1.28. The number of hydrogen-bond acceptors (Lipinski definition) is 7. The van der Waals surface area contributed by atoms with Gasteiger partial charge in [0.2, 0.25) is 0 Å². The zero-order chi connectivity index (χ0) is 23.6. The van der Waals surface area contributed by atoms with Crippen molar-refractivity contribution in [3.8, 4) is 10.9 Å². The van der Waals surface area contributed by atoms with E-state index in [1.54, 1.807) is 25.3 Å². The van der Waals surface area contributed by atoms with E-state index in [2.05, 4.69) is 15.6 Å². The standard InChI is InChI=1S/C23H28FN3O5S/c1-14-3-4-16(9-17(14)24)31-12-20(30)27-23-7-5-22(6-8-23,10-18(23)28)26-19(29)13-32-21-25-11-15(2)33-21/h3-4,9,11,18,28H,5-8,10,12-13H2,1-2H3,(H,26,29)(H,27,30)/t18-,22?,23?/m0/s1. The molecule has 3 aliphatic carbocycles. The van der Waals surface area contributed by atoms with E-state index >= 15 is 0 Å². The van der Waals surface area contributed by atoms with Gasteiger partial charge in [0.1, 0.15) is 11.6 Å². The number of carbonyl (C=O) groups excluding carboxylic acids is 2. The number of carbonyl (C=O) groups is 2. The van der Waals surface area contributed by atoms with E-state index in [0.717, 1.165) is 4.88 Å². The highest BCUT2D eigenvalue weighted by Crippen LogP contribution is 2.47. The van der Waals surface area contributed by atoms with Crippen LogP contribution in [-0.2, 0) is 9.59 Å². The van der Waals surface area contributed by atoms with E-state index in [1.165, 1.54) is 17.4 Å². The molecule has 0 unspecified atom stereocenters. The predicted octanol–water partition coefficient (Wildman–Crippen LogP) is 2.41. The third-order valence-corrected chi connectivity index (χ3v) is 7.38. The van der Waals surface area contributed by atoms with Gasteiger partial charge in [0.05, 0.1) is 11.6 Å². The van der Waals surface area contributed by atoms with Crippen LogP contribution in [0.15, 0.2) is 24.4 Å². The van der Waals surface area contributed by atoms with E-state index in [-0.39, 0.29) is 30.8 Å². The van der Waals surface area contributed by atoms with Crippen LogP contribution in [0.1, 0.15) is 42.5 Å². The molecule has 1 heterocycles. The largest absolute Gasteiger partial charge is 0.484 e. The van der Waals surface area contributed by atoms with Crippen LogP contribution in [0.3, 0.4) is 0 Å². The number of aromatic nitrogens is 1. The number of halogens is 1. The molecule has 0 saturated heterocycles. The third-order valence-electron chi connectivity index (χ3n) is 6.55. The van der Waals surface area contributed by atoms with Gasteiger partial charge in [-0.3, -0.25) is 9.59 Å². The molecule has 1 aromatic carbocycles. The molecule has 8 nitrogen and oxygen atoms in total. The zero-order valence-electron chi connectivity index (χ0n) is 18.7. The number of aliphatic hydroxyl groups excluding tert-OH is 1. The van der Waals surface area contributed by atoms with Gasteiger partial charge < -0.3 is 25.2 Å². The molecule has 3 saturated carbocycles. The molecule has 33 heavy (non-hydrogen) atoms. The smallest absolute Gasteiger partial charge is 0.273 e. The first-order valence-corrected chi connectivity index (χ1v) is 11.7. The number of aryl methyl sites for hydroxylation is 2. The number of amides is 2. The van der Waals surface area contributed by atoms with Crippen molar-refractivity contribution in [1.82, 2.24) is 15.6 Å². The van der Waals surface area contributed by atoms with Crippen LogP contribution in [-0.4, -0.2) is 52.3 Å². The van der Waals surface area contributed by atoms with Gasteiger partial charge in [-0.2, -0.15) is 0 Å². The summed E-state index contributed by atoms with van der Waals surface area (Å²) in [7, 11) is 0. The van der Waals surface area contributed by atoms with E-state index in [4.69, 9.17) is 9.47 Å². The van der Waals surface area contributed by atoms with Crippen LogP contribution in [0.4, 0.5) is 4.39 Å². The Morgan fingerprint density at radius 2 is 1.85 bits per heavy atom. The molecule has 1 atom stereocenters. The van der Waals surface area contributed by atoms with Crippen LogP contribution in [0.25, 0.3) is 0 Å². The van der Waals surface area contributed by atoms with Gasteiger partial charge in [-0.15, -0.1) is 0 Å². The fourth-order valence-corrected chi connectivity index (χ4v) is 5.25. The first kappa shape index (κ1) is 23.4. The molecule has 2 aromatic rings. The number of ether oxygens (including phenoxy) is 2. The molecule has 0 spiro atoms. The summed E-state index contributed by atoms with van der Waals surface area (Å²) >= 11 is 1.38. The number of nitrogens with zero attached hydrogens (tertiary/aromatic N) is 1. The van der Waals surface area contributed by atoms with Crippen molar-refractivity contribution in [2.45, 2.75) is 63.1 Å². The second-order valence-electron chi connectivity index (χ2n) is 8.98. The molecule has 1 aromatic heterocycles. The average molecular weight is 478 g/mol. The van der Waals surface area contributed by atoms with Gasteiger partial charge in [-0.1, -0.05) is 17.4 Å². The molecule has 3 aliphatic rings. The lowest BCUT2D eigenvalue weighted by Crippen LogP contribution is -2.70. The van der Waals surface area contributed by atoms with Crippen LogP contribution >= 0.6 is 11.3 Å². The number of hydrogen-bond donors (Lipinski definition) is 3. The lowest BCUT2D eigenvalue weighted by molar-refractivity contribution is -0.137. The van der Waals surface area contributed by atoms with Crippen molar-refractivity contribution in [2.24, 2.45) is 0 Å². The van der Waals surface area contributed by atoms with Crippen molar-refractivity contribution >= 4 is 23.2 Å². The number of fused-ring (bicyclic) bond motifs is 3. The molecule has 3 fully saturated rings. The van der Waals surface area contributed by atoms with Gasteiger partial charge in [-0.25, -0.2) is 9.37 Å². The van der Waals surface area contributed by atoms with Gasteiger partial charge >= 0.3 is 0 Å². The van der Waals surface area contributed by atoms with E-state index in [0.29, 0.717) is 42.9 Å². The molecular weight excluding hydrogens is 449 g/mol. The molecule has 2 bridgehead atoms. The maximum absolute atomic E-state index is 13.7. The van der Waals surface area contributed by atoms with Gasteiger partial charge in [-0.05, 0) is 57.6 Å². The van der Waals surface area contributed by atoms with E-state index < -0.39 is 23.0 Å². The molecule has 178 valence electrons. The number of rotatable bonds is 8. The van der Waals surface area contributed by atoms with Crippen LogP contribution in [0.2, 0.25) is 0 Å². The summed E-state index contributed by atoms with van der Waals surface area (Å²) in [6.07, 6.45) is 3.57. The van der Waals surface area contributed by atoms with Crippen molar-refractivity contribution in [3.05, 3.63) is 40.7 Å². The lowest BCUT2D eigenvalue weighted by atomic mass is 9.60. The quantitative estimate of drug-likeness (QED) is 0.539. The van der Waals surface area contributed by atoms with Crippen molar-refractivity contribution in [3.63, 3.8) is 0 Å². The molecule has 0 radical (unpaired) electrons. The van der Waals surface area contributed by atoms with Crippen LogP contribution in [0.5, 0.6) is 10.9 Å². The molecule has 10 heteroatoms. The normalized spacial score (nSPS) is 26.0. The molecule has 0 aliphatic heterocycles. The highest BCUT2D eigenvalue weighted by molar-refractivity contribution is 7.13. The molecule has 3 N–H and O–H groups in total. The fourth-order valence-electron chi connectivity index (χ4n) is 4.65. The maximum atomic E-state index is 13.7. The Labute approximate surface area is 195 Å². The van der Waals surface area contributed by atoms with Gasteiger partial charge in [0.15, 0.2) is 13.2 Å². The Hall–Kier alpha value is -2.72. The first-order valence-electron chi connectivity index (χ1n) is 10.9. The minimum absolute atomic E-state index is 0.135. The topological polar surface area (TPSA) is 110 Å². The summed E-state index contributed by atoms with van der Waals surface area (Å²) in [5.41, 5.74) is -0.764. The first-order chi connectivity index (χ1) is 15.7. The number of benzene rings is 1. The second-order valence-corrected chi connectivity index (χ2v) is 10.2. The van der Waals surface area contributed by atoms with E-state index in [1.807, 2.05) is 6.92 Å². The van der Waals surface area contributed by atoms with Crippen molar-refractivity contribution < 1.29 is 28.6 Å². The minimum atomic E-state index is -0.802. The number of thiazole rings is 1. The molecule has 2 amide bonds. The summed E-state index contributed by atoms with van der Waals surface area (Å²) in [6, 6.07) is 4.44. The minimum Gasteiger partial charge on any atom is -0.484 e. The Bertz CT molecular complexity index is 1030. The van der Waals surface area contributed by atoms with Crippen molar-refractivity contribution in [1.29, 1.82) is 0 Å². The summed E-state index contributed by atoms with van der Waals surface area (Å²) in [5, 5.41) is 17.3. The molecular formula is C23H28FN3O5S. The Kier molecular flexibility index (Phi) is 6.58. The number of aliphatic hydroxyl groups is 1. The highest BCUT2D eigenvalue weighted by atomic mass is 32.1. The second kappa shape index (κ2) is 9.26. The Morgan fingerprint density at radius 3 is 2.48 bits per heavy atom. The maximum Gasteiger partial charge on any atom is 0.273 e. The summed E-state index contributed by atoms with van der Waals surface area (Å²) < 4.78 is 24.5. The fraction of sp³-hybridized carbons (Fsp3) is 0.522. The zero-order valence-corrected chi connectivity index (χ0v) is 19.5. The average Bonchev–Trinajstić information content (AvgIpc) is 3.19. The van der Waals surface area contributed by atoms with Crippen LogP contribution < -0.4 is 20.1 Å². The molecule has 5 rings (SSSR count). The summed E-state index contributed by atoms with van der Waals surface area (Å²) in [6.45, 7) is 3.15. The third kappa shape index (κ3) is 5.27. The predicted molar refractivity (Wildman–Crippen MR) is 120 cm³/mol. The summed E-state index contributed by atoms with van der Waals surface area (Å²) in [4.78, 5) is 30.0. The number of nitrogens with one attached hydrogen (secondary N) is 2. The lowest BCUT2D eigenvalue weighted by Gasteiger charge is -2.56. The van der Waals surface area contributed by atoms with Gasteiger partial charge in [0.25, 0.3) is 17.0 Å². The highest BCUT2D eigenvalue weighted by Gasteiger charge is 2.55. The van der Waals surface area contributed by atoms with Gasteiger partial charge in [0, 0.05) is 22.7 Å². The van der Waals surface area contributed by atoms with Crippen LogP contribution in [0, 0.1) is 19.7 Å².